The lowest BCUT2D eigenvalue weighted by molar-refractivity contribution is 0.0746. The summed E-state index contributed by atoms with van der Waals surface area (Å²) < 4.78 is 0. The van der Waals surface area contributed by atoms with E-state index >= 15 is 0 Å². The van der Waals surface area contributed by atoms with Crippen molar-refractivity contribution in [3.8, 4) is 0 Å². The summed E-state index contributed by atoms with van der Waals surface area (Å²) in [6.07, 6.45) is 4.30. The quantitative estimate of drug-likeness (QED) is 0.850. The maximum Gasteiger partial charge on any atom is 0.272 e. The van der Waals surface area contributed by atoms with Crippen molar-refractivity contribution < 1.29 is 4.79 Å². The lowest BCUT2D eigenvalue weighted by atomic mass is 10.2. The van der Waals surface area contributed by atoms with Gasteiger partial charge >= 0.3 is 0 Å². The van der Waals surface area contributed by atoms with Crippen molar-refractivity contribution in [3.63, 3.8) is 0 Å². The second-order valence-electron chi connectivity index (χ2n) is 5.90. The Bertz CT molecular complexity index is 633. The number of carbonyl (C=O) groups excluding carboxylic acids is 1. The van der Waals surface area contributed by atoms with Gasteiger partial charge in [0, 0.05) is 26.2 Å². The van der Waals surface area contributed by atoms with Gasteiger partial charge in [-0.2, -0.15) is 0 Å². The fraction of sp³-hybridized carbons (Fsp3) is 0.368. The second kappa shape index (κ2) is 7.27. The predicted octanol–water partition coefficient (Wildman–Crippen LogP) is 3.34. The summed E-state index contributed by atoms with van der Waals surface area (Å²) in [5.74, 6) is -0.00988. The van der Waals surface area contributed by atoms with Crippen molar-refractivity contribution in [2.75, 3.05) is 24.5 Å². The predicted molar refractivity (Wildman–Crippen MR) is 92.5 cm³/mol. The van der Waals surface area contributed by atoms with E-state index in [0.29, 0.717) is 18.8 Å². The van der Waals surface area contributed by atoms with Gasteiger partial charge in [0.05, 0.1) is 11.9 Å². The molecule has 3 rings (SSSR count). The maximum atomic E-state index is 12.7. The minimum absolute atomic E-state index is 0.00988. The Labute approximate surface area is 137 Å². The summed E-state index contributed by atoms with van der Waals surface area (Å²) in [6, 6.07) is 13.9. The van der Waals surface area contributed by atoms with Gasteiger partial charge in [0.2, 0.25) is 0 Å². The molecule has 4 nitrogen and oxygen atoms in total. The minimum Gasteiger partial charge on any atom is -0.370 e. The van der Waals surface area contributed by atoms with Crippen LogP contribution in [0.3, 0.4) is 0 Å². The molecule has 23 heavy (non-hydrogen) atoms. The van der Waals surface area contributed by atoms with Crippen LogP contribution in [0, 0.1) is 0 Å². The summed E-state index contributed by atoms with van der Waals surface area (Å²) in [5, 5.41) is 0. The van der Waals surface area contributed by atoms with Gasteiger partial charge in [-0.15, -0.1) is 0 Å². The molecule has 1 amide bonds. The molecule has 1 aliphatic heterocycles. The molecule has 1 aromatic heterocycles. The van der Waals surface area contributed by atoms with E-state index in [-0.39, 0.29) is 5.91 Å². The lowest BCUT2D eigenvalue weighted by Gasteiger charge is -2.21. The second-order valence-corrected chi connectivity index (χ2v) is 5.90. The molecular formula is C19H23N3O. The van der Waals surface area contributed by atoms with E-state index in [1.54, 1.807) is 0 Å². The molecule has 0 spiro atoms. The first-order valence-corrected chi connectivity index (χ1v) is 8.32. The summed E-state index contributed by atoms with van der Waals surface area (Å²) in [7, 11) is 0. The SMILES string of the molecule is CCN(Cc1ccccc1)C(=O)c1ccc(N2CCCC2)cn1. The average molecular weight is 309 g/mol. The molecule has 1 aliphatic rings. The fourth-order valence-corrected chi connectivity index (χ4v) is 2.97. The van der Waals surface area contributed by atoms with E-state index in [2.05, 4.69) is 9.88 Å². The third-order valence-electron chi connectivity index (χ3n) is 4.32. The van der Waals surface area contributed by atoms with Crippen LogP contribution in [0.2, 0.25) is 0 Å². The Balaban J connectivity index is 1.70. The van der Waals surface area contributed by atoms with E-state index in [9.17, 15) is 4.79 Å². The Kier molecular flexibility index (Phi) is 4.91. The van der Waals surface area contributed by atoms with Crippen molar-refractivity contribution in [2.24, 2.45) is 0 Å². The van der Waals surface area contributed by atoms with Gasteiger partial charge in [0.15, 0.2) is 0 Å². The molecule has 2 aromatic rings. The van der Waals surface area contributed by atoms with E-state index in [4.69, 9.17) is 0 Å². The molecule has 2 heterocycles. The molecule has 4 heteroatoms. The van der Waals surface area contributed by atoms with Crippen LogP contribution in [-0.2, 0) is 6.54 Å². The molecule has 0 N–H and O–H groups in total. The van der Waals surface area contributed by atoms with E-state index in [1.807, 2.05) is 60.5 Å². The van der Waals surface area contributed by atoms with Crippen LogP contribution in [0.5, 0.6) is 0 Å². The number of amides is 1. The molecule has 120 valence electrons. The molecule has 1 fully saturated rings. The number of aromatic nitrogens is 1. The topological polar surface area (TPSA) is 36.4 Å². The molecule has 0 radical (unpaired) electrons. The van der Waals surface area contributed by atoms with E-state index in [0.717, 1.165) is 24.3 Å². The number of rotatable bonds is 5. The Hall–Kier alpha value is -2.36. The van der Waals surface area contributed by atoms with Gasteiger partial charge in [-0.3, -0.25) is 4.79 Å². The first-order valence-electron chi connectivity index (χ1n) is 8.32. The number of benzene rings is 1. The maximum absolute atomic E-state index is 12.7. The summed E-state index contributed by atoms with van der Waals surface area (Å²) in [5.41, 5.74) is 2.77. The van der Waals surface area contributed by atoms with Crippen LogP contribution in [0.4, 0.5) is 5.69 Å². The highest BCUT2D eigenvalue weighted by molar-refractivity contribution is 5.92. The standard InChI is InChI=1S/C19H23N3O/c1-2-21(15-16-8-4-3-5-9-16)19(23)18-11-10-17(14-20-18)22-12-6-7-13-22/h3-5,8-11,14H,2,6-7,12-13,15H2,1H3. The van der Waals surface area contributed by atoms with Gasteiger partial charge in [0.25, 0.3) is 5.91 Å². The highest BCUT2D eigenvalue weighted by Gasteiger charge is 2.17. The lowest BCUT2D eigenvalue weighted by Crippen LogP contribution is -2.31. The minimum atomic E-state index is -0.00988. The molecular weight excluding hydrogens is 286 g/mol. The van der Waals surface area contributed by atoms with Crippen LogP contribution in [-0.4, -0.2) is 35.4 Å². The molecule has 1 saturated heterocycles. The van der Waals surface area contributed by atoms with Gasteiger partial charge in [0.1, 0.15) is 5.69 Å². The third-order valence-corrected chi connectivity index (χ3v) is 4.32. The fourth-order valence-electron chi connectivity index (χ4n) is 2.97. The first-order chi connectivity index (χ1) is 11.3. The first kappa shape index (κ1) is 15.5. The molecule has 0 atom stereocenters. The van der Waals surface area contributed by atoms with Gasteiger partial charge in [-0.1, -0.05) is 30.3 Å². The average Bonchev–Trinajstić information content (AvgIpc) is 3.15. The van der Waals surface area contributed by atoms with Gasteiger partial charge < -0.3 is 9.80 Å². The van der Waals surface area contributed by atoms with Crippen LogP contribution in [0.25, 0.3) is 0 Å². The van der Waals surface area contributed by atoms with Crippen LogP contribution in [0.1, 0.15) is 35.8 Å². The molecule has 0 aliphatic carbocycles. The smallest absolute Gasteiger partial charge is 0.272 e. The van der Waals surface area contributed by atoms with Crippen molar-refractivity contribution in [2.45, 2.75) is 26.3 Å². The number of pyridine rings is 1. The Morgan fingerprint density at radius 3 is 2.48 bits per heavy atom. The van der Waals surface area contributed by atoms with Crippen molar-refractivity contribution in [1.29, 1.82) is 0 Å². The van der Waals surface area contributed by atoms with Crippen LogP contribution in [0.15, 0.2) is 48.7 Å². The van der Waals surface area contributed by atoms with Crippen LogP contribution >= 0.6 is 0 Å². The molecule has 0 bridgehead atoms. The zero-order valence-corrected chi connectivity index (χ0v) is 13.6. The largest absolute Gasteiger partial charge is 0.370 e. The zero-order valence-electron chi connectivity index (χ0n) is 13.6. The Morgan fingerprint density at radius 2 is 1.87 bits per heavy atom. The summed E-state index contributed by atoms with van der Waals surface area (Å²) in [4.78, 5) is 21.2. The van der Waals surface area contributed by atoms with Gasteiger partial charge in [-0.25, -0.2) is 4.98 Å². The van der Waals surface area contributed by atoms with E-state index < -0.39 is 0 Å². The van der Waals surface area contributed by atoms with Crippen LogP contribution < -0.4 is 4.90 Å². The number of hydrogen-bond donors (Lipinski definition) is 0. The Morgan fingerprint density at radius 1 is 1.13 bits per heavy atom. The summed E-state index contributed by atoms with van der Waals surface area (Å²) >= 11 is 0. The number of nitrogens with zero attached hydrogens (tertiary/aromatic N) is 3. The number of anilines is 1. The molecule has 0 unspecified atom stereocenters. The number of hydrogen-bond acceptors (Lipinski definition) is 3. The zero-order chi connectivity index (χ0) is 16.1. The van der Waals surface area contributed by atoms with E-state index in [1.165, 1.54) is 12.8 Å². The normalized spacial score (nSPS) is 14.0. The monoisotopic (exact) mass is 309 g/mol. The van der Waals surface area contributed by atoms with Crippen molar-refractivity contribution >= 4 is 11.6 Å². The summed E-state index contributed by atoms with van der Waals surface area (Å²) in [6.45, 7) is 5.46. The molecule has 1 aromatic carbocycles. The van der Waals surface area contributed by atoms with Crippen molar-refractivity contribution in [1.82, 2.24) is 9.88 Å². The molecule has 0 saturated carbocycles. The third kappa shape index (κ3) is 3.70. The van der Waals surface area contributed by atoms with Gasteiger partial charge in [-0.05, 0) is 37.5 Å². The highest BCUT2D eigenvalue weighted by Crippen LogP contribution is 2.19. The number of carbonyl (C=O) groups is 1. The van der Waals surface area contributed by atoms with Crippen molar-refractivity contribution in [3.05, 3.63) is 59.9 Å². The highest BCUT2D eigenvalue weighted by atomic mass is 16.2.